The molecule has 0 radical (unpaired) electrons. The Hall–Kier alpha value is -1.94. The number of carbonyl (C=O) groups excluding carboxylic acids is 1. The standard InChI is InChI=1S/C40H70N2O13/c1-14-16-17-42(12)27-18-22(4)51-37(31(27)43)55-35-24(6)32(54-29-20-39(10,50-13)34(45)26(8)52-29)25(7)36(46)53-28(15-2)40(11,48)33(44)23(5)30(41-49)21(3)19-38(35,9)47/h1,21-29,31-35,37,43-45,47-49H,15-20H2,2-13H3/b41-30+/t21-,22-,23?,24+,25-,26+,27+,28-,29?,31-,32+,33-,34+,35-,37+,38-,39-,40-/m1/s1. The number of hydrogen-bond acceptors (Lipinski definition) is 15. The van der Waals surface area contributed by atoms with Crippen LogP contribution in [0.15, 0.2) is 5.16 Å². The van der Waals surface area contributed by atoms with E-state index in [4.69, 9.17) is 34.8 Å². The molecule has 6 N–H and O–H groups in total. The second-order valence-corrected chi connectivity index (χ2v) is 17.1. The van der Waals surface area contributed by atoms with E-state index < -0.39 is 108 Å². The van der Waals surface area contributed by atoms with Gasteiger partial charge in [0.2, 0.25) is 0 Å². The first-order valence-corrected chi connectivity index (χ1v) is 19.7. The molecular weight excluding hydrogens is 716 g/mol. The number of oxime groups is 1. The number of rotatable bonds is 9. The highest BCUT2D eigenvalue weighted by Gasteiger charge is 2.53. The fourth-order valence-electron chi connectivity index (χ4n) is 8.94. The molecule has 18 atom stereocenters. The molecule has 15 nitrogen and oxygen atoms in total. The van der Waals surface area contributed by atoms with Crippen molar-refractivity contribution >= 4 is 11.7 Å². The number of nitrogens with zero attached hydrogens (tertiary/aromatic N) is 2. The number of hydrogen-bond donors (Lipinski definition) is 6. The molecule has 2 unspecified atom stereocenters. The number of terminal acetylenes is 1. The van der Waals surface area contributed by atoms with Crippen LogP contribution in [0.1, 0.15) is 101 Å². The third kappa shape index (κ3) is 10.6. The van der Waals surface area contributed by atoms with E-state index in [9.17, 15) is 35.5 Å². The summed E-state index contributed by atoms with van der Waals surface area (Å²) in [6, 6.07) is -0.398. The van der Waals surface area contributed by atoms with Gasteiger partial charge in [0.25, 0.3) is 0 Å². The summed E-state index contributed by atoms with van der Waals surface area (Å²) in [6.45, 7) is 17.1. The van der Waals surface area contributed by atoms with Gasteiger partial charge < -0.3 is 59.2 Å². The van der Waals surface area contributed by atoms with Crippen molar-refractivity contribution in [3.8, 4) is 12.3 Å². The number of esters is 1. The molecule has 3 rings (SSSR count). The fraction of sp³-hybridized carbons (Fsp3) is 0.900. The van der Waals surface area contributed by atoms with E-state index >= 15 is 0 Å². The first kappa shape index (κ1) is 47.4. The molecule has 0 aliphatic carbocycles. The third-order valence-electron chi connectivity index (χ3n) is 12.5. The van der Waals surface area contributed by atoms with E-state index in [1.54, 1.807) is 55.4 Å². The van der Waals surface area contributed by atoms with E-state index in [1.807, 2.05) is 18.9 Å². The van der Waals surface area contributed by atoms with Gasteiger partial charge in [0.05, 0.1) is 53.4 Å². The van der Waals surface area contributed by atoms with Gasteiger partial charge in [-0.3, -0.25) is 9.69 Å². The van der Waals surface area contributed by atoms with Crippen LogP contribution < -0.4 is 0 Å². The zero-order valence-corrected chi connectivity index (χ0v) is 34.9. The van der Waals surface area contributed by atoms with Crippen LogP contribution in [-0.4, -0.2) is 152 Å². The average molecular weight is 787 g/mol. The molecule has 0 aromatic carbocycles. The second kappa shape index (κ2) is 19.2. The Balaban J connectivity index is 2.21. The molecule has 0 saturated carbocycles. The molecule has 3 aliphatic rings. The first-order chi connectivity index (χ1) is 25.5. The Kier molecular flexibility index (Phi) is 16.6. The van der Waals surface area contributed by atoms with Crippen molar-refractivity contribution in [1.29, 1.82) is 0 Å². The van der Waals surface area contributed by atoms with Gasteiger partial charge in [0.15, 0.2) is 12.6 Å². The Morgan fingerprint density at radius 1 is 0.982 bits per heavy atom. The maximum Gasteiger partial charge on any atom is 0.311 e. The lowest BCUT2D eigenvalue weighted by Crippen LogP contribution is -2.61. The lowest BCUT2D eigenvalue weighted by Gasteiger charge is -2.49. The normalized spacial score (nSPS) is 47.5. The molecule has 0 aromatic rings. The summed E-state index contributed by atoms with van der Waals surface area (Å²) in [4.78, 5) is 16.2. The number of aliphatic hydroxyl groups is 5. The third-order valence-corrected chi connectivity index (χ3v) is 12.5. The van der Waals surface area contributed by atoms with Crippen molar-refractivity contribution in [2.24, 2.45) is 28.8 Å². The van der Waals surface area contributed by atoms with Crippen molar-refractivity contribution in [1.82, 2.24) is 4.90 Å². The monoisotopic (exact) mass is 786 g/mol. The second-order valence-electron chi connectivity index (χ2n) is 17.1. The minimum atomic E-state index is -1.98. The topological polar surface area (TPSA) is 209 Å². The molecule has 15 heteroatoms. The van der Waals surface area contributed by atoms with Crippen LogP contribution >= 0.6 is 0 Å². The Morgan fingerprint density at radius 2 is 1.62 bits per heavy atom. The molecule has 0 aromatic heterocycles. The van der Waals surface area contributed by atoms with Crippen molar-refractivity contribution < 1.29 is 64.0 Å². The smallest absolute Gasteiger partial charge is 0.311 e. The van der Waals surface area contributed by atoms with Crippen molar-refractivity contribution in [2.45, 2.75) is 186 Å². The van der Waals surface area contributed by atoms with Gasteiger partial charge in [-0.05, 0) is 67.9 Å². The molecule has 0 bridgehead atoms. The van der Waals surface area contributed by atoms with Gasteiger partial charge in [0.1, 0.15) is 23.9 Å². The lowest BCUT2D eigenvalue weighted by atomic mass is 9.73. The fourth-order valence-corrected chi connectivity index (χ4v) is 8.94. The maximum absolute atomic E-state index is 14.2. The summed E-state index contributed by atoms with van der Waals surface area (Å²) >= 11 is 0. The van der Waals surface area contributed by atoms with Crippen LogP contribution in [0.4, 0.5) is 0 Å². The molecule has 55 heavy (non-hydrogen) atoms. The van der Waals surface area contributed by atoms with Gasteiger partial charge in [-0.15, -0.1) is 12.3 Å². The summed E-state index contributed by atoms with van der Waals surface area (Å²) in [6.07, 6.45) is -3.89. The molecular formula is C40H70N2O13. The van der Waals surface area contributed by atoms with E-state index in [-0.39, 0.29) is 31.1 Å². The minimum absolute atomic E-state index is 0.0826. The zero-order valence-electron chi connectivity index (χ0n) is 34.9. The van der Waals surface area contributed by atoms with Crippen molar-refractivity contribution in [2.75, 3.05) is 20.7 Å². The van der Waals surface area contributed by atoms with Crippen LogP contribution in [0, 0.1) is 36.0 Å². The maximum atomic E-state index is 14.2. The number of likely N-dealkylation sites (N-methyl/N-ethyl adjacent to an activating group) is 1. The van der Waals surface area contributed by atoms with Gasteiger partial charge in [-0.2, -0.15) is 0 Å². The summed E-state index contributed by atoms with van der Waals surface area (Å²) in [5.41, 5.74) is -4.75. The van der Waals surface area contributed by atoms with Crippen molar-refractivity contribution in [3.05, 3.63) is 0 Å². The molecule has 0 spiro atoms. The Morgan fingerprint density at radius 3 is 2.18 bits per heavy atom. The lowest BCUT2D eigenvalue weighted by molar-refractivity contribution is -0.318. The number of methoxy groups -OCH3 is 1. The Bertz CT molecular complexity index is 1320. The molecule has 3 fully saturated rings. The highest BCUT2D eigenvalue weighted by molar-refractivity contribution is 5.88. The quantitative estimate of drug-likeness (QED) is 0.0859. The largest absolute Gasteiger partial charge is 0.459 e. The number of carbonyl (C=O) groups is 1. The van der Waals surface area contributed by atoms with E-state index in [1.165, 1.54) is 14.0 Å². The Labute approximate surface area is 327 Å². The van der Waals surface area contributed by atoms with E-state index in [0.717, 1.165) is 0 Å². The van der Waals surface area contributed by atoms with Crippen LogP contribution in [0.25, 0.3) is 0 Å². The minimum Gasteiger partial charge on any atom is -0.459 e. The highest BCUT2D eigenvalue weighted by atomic mass is 16.7. The summed E-state index contributed by atoms with van der Waals surface area (Å²) in [7, 11) is 3.34. The molecule has 318 valence electrons. The van der Waals surface area contributed by atoms with Gasteiger partial charge in [-0.1, -0.05) is 32.9 Å². The predicted molar refractivity (Wildman–Crippen MR) is 203 cm³/mol. The summed E-state index contributed by atoms with van der Waals surface area (Å²) in [5, 5.41) is 72.3. The van der Waals surface area contributed by atoms with Crippen LogP contribution in [0.2, 0.25) is 0 Å². The number of cyclic esters (lactones) is 1. The van der Waals surface area contributed by atoms with Crippen molar-refractivity contribution in [3.63, 3.8) is 0 Å². The molecule has 3 heterocycles. The number of ether oxygens (including phenoxy) is 6. The van der Waals surface area contributed by atoms with Gasteiger partial charge in [-0.25, -0.2) is 0 Å². The van der Waals surface area contributed by atoms with Gasteiger partial charge >= 0.3 is 5.97 Å². The van der Waals surface area contributed by atoms with E-state index in [2.05, 4.69) is 11.1 Å². The average Bonchev–Trinajstić information content (AvgIpc) is 3.12. The highest BCUT2D eigenvalue weighted by Crippen LogP contribution is 2.41. The van der Waals surface area contributed by atoms with Crippen LogP contribution in [-0.2, 0) is 33.2 Å². The van der Waals surface area contributed by atoms with E-state index in [0.29, 0.717) is 19.4 Å². The molecule has 3 aliphatic heterocycles. The zero-order chi connectivity index (χ0) is 41.8. The SMILES string of the molecule is C#CCCN(C)[C@H]1C[C@@H](C)O[C@@H](O[C@@H]2[C@@H](C)[C@H](OC3C[C@@](C)(OC)[C@@H](O)[C@H](C)O3)[C@@H](C)C(=O)O[C@H](CC)[C@@](C)(O)[C@H](O)C(C)/C(=N/O)[C@H](C)C[C@@]2(C)O)[C@@H]1O. The van der Waals surface area contributed by atoms with Gasteiger partial charge in [0, 0.05) is 50.3 Å². The predicted octanol–water partition coefficient (Wildman–Crippen LogP) is 2.44. The molecule has 3 saturated heterocycles. The summed E-state index contributed by atoms with van der Waals surface area (Å²) < 4.78 is 37.4. The number of aliphatic hydroxyl groups excluding tert-OH is 3. The van der Waals surface area contributed by atoms with Crippen LogP contribution in [0.3, 0.4) is 0 Å². The first-order valence-electron chi connectivity index (χ1n) is 19.7. The van der Waals surface area contributed by atoms with Crippen LogP contribution in [0.5, 0.6) is 0 Å². The molecule has 0 amide bonds. The summed E-state index contributed by atoms with van der Waals surface area (Å²) in [5.74, 6) is -1.71.